The van der Waals surface area contributed by atoms with E-state index in [0.717, 1.165) is 58.7 Å². The Morgan fingerprint density at radius 1 is 1.22 bits per heavy atom. The van der Waals surface area contributed by atoms with Crippen LogP contribution in [0.4, 0.5) is 0 Å². The van der Waals surface area contributed by atoms with Crippen LogP contribution in [0.25, 0.3) is 0 Å². The molecule has 2 aliphatic heterocycles. The Morgan fingerprint density at radius 3 is 2.74 bits per heavy atom. The monoisotopic (exact) mass is 320 g/mol. The summed E-state index contributed by atoms with van der Waals surface area (Å²) in [6.07, 6.45) is 3.14. The highest BCUT2D eigenvalue weighted by Gasteiger charge is 2.30. The van der Waals surface area contributed by atoms with Crippen molar-refractivity contribution in [2.45, 2.75) is 32.2 Å². The molecule has 1 aromatic heterocycles. The average Bonchev–Trinajstić information content (AvgIpc) is 2.55. The van der Waals surface area contributed by atoms with Crippen LogP contribution in [0.15, 0.2) is 21.3 Å². The summed E-state index contributed by atoms with van der Waals surface area (Å²) in [6, 6.07) is 2.88. The molecule has 1 unspecified atom stereocenters. The number of amides is 1. The third-order valence-corrected chi connectivity index (χ3v) is 4.56. The van der Waals surface area contributed by atoms with Crippen molar-refractivity contribution in [2.75, 3.05) is 39.4 Å². The van der Waals surface area contributed by atoms with E-state index in [1.807, 2.05) is 4.90 Å². The fourth-order valence-corrected chi connectivity index (χ4v) is 3.39. The zero-order valence-corrected chi connectivity index (χ0v) is 13.6. The number of morpholine rings is 1. The van der Waals surface area contributed by atoms with Crippen LogP contribution in [0.2, 0.25) is 0 Å². The van der Waals surface area contributed by atoms with Gasteiger partial charge in [0.15, 0.2) is 11.2 Å². The van der Waals surface area contributed by atoms with Crippen LogP contribution in [-0.4, -0.2) is 61.1 Å². The number of carbonyl (C=O) groups is 1. The number of aryl methyl sites for hydroxylation is 1. The van der Waals surface area contributed by atoms with Crippen molar-refractivity contribution in [3.8, 4) is 0 Å². The highest BCUT2D eigenvalue weighted by molar-refractivity contribution is 5.91. The first kappa shape index (κ1) is 16.2. The summed E-state index contributed by atoms with van der Waals surface area (Å²) in [5, 5.41) is 0. The number of hydrogen-bond donors (Lipinski definition) is 0. The van der Waals surface area contributed by atoms with Crippen LogP contribution in [0, 0.1) is 6.92 Å². The average molecular weight is 320 g/mol. The smallest absolute Gasteiger partial charge is 0.290 e. The molecule has 3 rings (SSSR count). The van der Waals surface area contributed by atoms with Crippen LogP contribution >= 0.6 is 0 Å². The summed E-state index contributed by atoms with van der Waals surface area (Å²) in [5.74, 6) is 0.468. The van der Waals surface area contributed by atoms with Crippen LogP contribution < -0.4 is 5.43 Å². The normalized spacial score (nSPS) is 23.0. The molecule has 0 spiro atoms. The first-order chi connectivity index (χ1) is 11.1. The van der Waals surface area contributed by atoms with Crippen molar-refractivity contribution in [3.63, 3.8) is 0 Å². The quantitative estimate of drug-likeness (QED) is 0.839. The van der Waals surface area contributed by atoms with E-state index < -0.39 is 0 Å². The van der Waals surface area contributed by atoms with Crippen molar-refractivity contribution in [2.24, 2.45) is 0 Å². The Labute approximate surface area is 136 Å². The molecule has 6 heteroatoms. The molecule has 0 radical (unpaired) electrons. The fourth-order valence-electron chi connectivity index (χ4n) is 3.39. The Bertz CT molecular complexity index is 607. The van der Waals surface area contributed by atoms with Gasteiger partial charge in [0, 0.05) is 44.4 Å². The number of likely N-dealkylation sites (tertiary alicyclic amines) is 1. The Hall–Kier alpha value is -1.66. The molecule has 0 bridgehead atoms. The Kier molecular flexibility index (Phi) is 5.13. The summed E-state index contributed by atoms with van der Waals surface area (Å²) in [5.41, 5.74) is -0.182. The lowest BCUT2D eigenvalue weighted by atomic mass is 10.0. The number of hydrogen-bond acceptors (Lipinski definition) is 5. The van der Waals surface area contributed by atoms with Crippen molar-refractivity contribution in [3.05, 3.63) is 33.9 Å². The van der Waals surface area contributed by atoms with Gasteiger partial charge in [-0.3, -0.25) is 14.5 Å². The largest absolute Gasteiger partial charge is 0.456 e. The molecule has 1 aromatic rings. The van der Waals surface area contributed by atoms with Gasteiger partial charge in [0.1, 0.15) is 5.76 Å². The maximum absolute atomic E-state index is 12.8. The molecular formula is C17H24N2O4. The molecule has 2 saturated heterocycles. The summed E-state index contributed by atoms with van der Waals surface area (Å²) in [7, 11) is 0. The number of piperidine rings is 1. The van der Waals surface area contributed by atoms with Crippen LogP contribution in [0.3, 0.4) is 0 Å². The van der Waals surface area contributed by atoms with Crippen molar-refractivity contribution in [1.82, 2.24) is 9.80 Å². The van der Waals surface area contributed by atoms with E-state index in [9.17, 15) is 9.59 Å². The second-order valence-corrected chi connectivity index (χ2v) is 6.33. The standard InChI is InChI=1S/C17H24N2O4/c1-13-10-15(20)11-16(23-13)17(21)19-5-3-2-4-14(19)12-18-6-8-22-9-7-18/h10-11,14H,2-9,12H2,1H3. The Balaban J connectivity index is 1.74. The maximum Gasteiger partial charge on any atom is 0.290 e. The van der Waals surface area contributed by atoms with E-state index in [0.29, 0.717) is 5.76 Å². The predicted molar refractivity (Wildman–Crippen MR) is 85.6 cm³/mol. The van der Waals surface area contributed by atoms with Gasteiger partial charge in [0.05, 0.1) is 13.2 Å². The SMILES string of the molecule is Cc1cc(=O)cc(C(=O)N2CCCCC2CN2CCOCC2)o1. The van der Waals surface area contributed by atoms with Gasteiger partial charge in [0.2, 0.25) is 0 Å². The minimum Gasteiger partial charge on any atom is -0.456 e. The molecule has 1 amide bonds. The summed E-state index contributed by atoms with van der Waals surface area (Å²) >= 11 is 0. The van der Waals surface area contributed by atoms with Crippen LogP contribution in [0.1, 0.15) is 35.6 Å². The summed E-state index contributed by atoms with van der Waals surface area (Å²) < 4.78 is 10.9. The zero-order chi connectivity index (χ0) is 16.2. The van der Waals surface area contributed by atoms with Crippen LogP contribution in [0.5, 0.6) is 0 Å². The molecule has 126 valence electrons. The van der Waals surface area contributed by atoms with E-state index in [2.05, 4.69) is 4.90 Å². The highest BCUT2D eigenvalue weighted by atomic mass is 16.5. The van der Waals surface area contributed by atoms with Gasteiger partial charge in [-0.15, -0.1) is 0 Å². The first-order valence-electron chi connectivity index (χ1n) is 8.36. The second-order valence-electron chi connectivity index (χ2n) is 6.33. The number of nitrogens with zero attached hydrogens (tertiary/aromatic N) is 2. The van der Waals surface area contributed by atoms with Crippen molar-refractivity contribution < 1.29 is 13.9 Å². The lowest BCUT2D eigenvalue weighted by Gasteiger charge is -2.39. The molecule has 0 aromatic carbocycles. The third-order valence-electron chi connectivity index (χ3n) is 4.56. The molecule has 3 heterocycles. The van der Waals surface area contributed by atoms with Gasteiger partial charge in [-0.05, 0) is 26.2 Å². The molecule has 1 atom stereocenters. The van der Waals surface area contributed by atoms with Crippen molar-refractivity contribution >= 4 is 5.91 Å². The fraction of sp³-hybridized carbons (Fsp3) is 0.647. The summed E-state index contributed by atoms with van der Waals surface area (Å²) in [6.45, 7) is 6.63. The third kappa shape index (κ3) is 4.00. The van der Waals surface area contributed by atoms with E-state index in [1.165, 1.54) is 12.1 Å². The van der Waals surface area contributed by atoms with E-state index in [1.54, 1.807) is 6.92 Å². The van der Waals surface area contributed by atoms with Gasteiger partial charge in [0.25, 0.3) is 5.91 Å². The molecule has 0 N–H and O–H groups in total. The highest BCUT2D eigenvalue weighted by Crippen LogP contribution is 2.21. The second kappa shape index (κ2) is 7.27. The number of rotatable bonds is 3. The van der Waals surface area contributed by atoms with Gasteiger partial charge < -0.3 is 14.1 Å². The molecule has 23 heavy (non-hydrogen) atoms. The van der Waals surface area contributed by atoms with E-state index >= 15 is 0 Å². The predicted octanol–water partition coefficient (Wildman–Crippen LogP) is 1.28. The molecule has 6 nitrogen and oxygen atoms in total. The maximum atomic E-state index is 12.8. The minimum absolute atomic E-state index is 0.156. The lowest BCUT2D eigenvalue weighted by Crippen LogP contribution is -2.51. The molecule has 0 saturated carbocycles. The Morgan fingerprint density at radius 2 is 2.00 bits per heavy atom. The topological polar surface area (TPSA) is 63.0 Å². The zero-order valence-electron chi connectivity index (χ0n) is 13.6. The summed E-state index contributed by atoms with van der Waals surface area (Å²) in [4.78, 5) is 28.7. The van der Waals surface area contributed by atoms with Gasteiger partial charge in [-0.25, -0.2) is 0 Å². The minimum atomic E-state index is -0.182. The van der Waals surface area contributed by atoms with E-state index in [4.69, 9.17) is 9.15 Å². The van der Waals surface area contributed by atoms with E-state index in [-0.39, 0.29) is 23.1 Å². The molecule has 2 fully saturated rings. The van der Waals surface area contributed by atoms with Crippen molar-refractivity contribution in [1.29, 1.82) is 0 Å². The number of ether oxygens (including phenoxy) is 1. The lowest BCUT2D eigenvalue weighted by molar-refractivity contribution is 0.0157. The van der Waals surface area contributed by atoms with Crippen LogP contribution in [-0.2, 0) is 4.74 Å². The van der Waals surface area contributed by atoms with Gasteiger partial charge in [-0.1, -0.05) is 0 Å². The van der Waals surface area contributed by atoms with Gasteiger partial charge in [-0.2, -0.15) is 0 Å². The molecular weight excluding hydrogens is 296 g/mol. The molecule has 0 aliphatic carbocycles. The van der Waals surface area contributed by atoms with Gasteiger partial charge >= 0.3 is 0 Å². The molecule has 2 aliphatic rings. The first-order valence-corrected chi connectivity index (χ1v) is 8.36. The number of carbonyl (C=O) groups excluding carboxylic acids is 1.